The van der Waals surface area contributed by atoms with Gasteiger partial charge in [-0.2, -0.15) is 5.10 Å². The van der Waals surface area contributed by atoms with E-state index in [9.17, 15) is 4.79 Å². The van der Waals surface area contributed by atoms with Crippen LogP contribution in [0.5, 0.6) is 0 Å². The van der Waals surface area contributed by atoms with Crippen molar-refractivity contribution in [2.24, 2.45) is 5.92 Å². The number of amides is 1. The fraction of sp³-hybridized carbons (Fsp3) is 0.778. The number of ether oxygens (including phenoxy) is 1. The summed E-state index contributed by atoms with van der Waals surface area (Å²) in [5.41, 5.74) is 2.64. The lowest BCUT2D eigenvalue weighted by molar-refractivity contribution is 0.0103. The van der Waals surface area contributed by atoms with Gasteiger partial charge in [0.05, 0.1) is 24.5 Å². The number of likely N-dealkylation sites (tertiary alicyclic amines) is 1. The Morgan fingerprint density at radius 3 is 2.50 bits per heavy atom. The molecule has 0 aromatic carbocycles. The van der Waals surface area contributed by atoms with E-state index in [1.165, 1.54) is 0 Å². The van der Waals surface area contributed by atoms with Gasteiger partial charge in [-0.05, 0) is 26.7 Å². The maximum Gasteiger partial charge on any atom is 0.257 e. The zero-order chi connectivity index (χ0) is 17.3. The fourth-order valence-electron chi connectivity index (χ4n) is 4.22. The highest BCUT2D eigenvalue weighted by molar-refractivity contribution is 5.96. The SMILES string of the molecule is CC[C@@H]1CN(C(=O)c2c(C)nn(CC)c2C)C[C@@H]1N1CCOCC1. The summed E-state index contributed by atoms with van der Waals surface area (Å²) in [6, 6.07) is 0.463. The van der Waals surface area contributed by atoms with Crippen LogP contribution < -0.4 is 0 Å². The van der Waals surface area contributed by atoms with Crippen molar-refractivity contribution in [1.29, 1.82) is 0 Å². The third kappa shape index (κ3) is 3.09. The predicted molar refractivity (Wildman–Crippen MR) is 93.2 cm³/mol. The molecule has 0 N–H and O–H groups in total. The van der Waals surface area contributed by atoms with Gasteiger partial charge in [-0.3, -0.25) is 14.4 Å². The summed E-state index contributed by atoms with van der Waals surface area (Å²) in [6.45, 7) is 14.3. The Kier molecular flexibility index (Phi) is 5.25. The summed E-state index contributed by atoms with van der Waals surface area (Å²) >= 11 is 0. The summed E-state index contributed by atoms with van der Waals surface area (Å²) in [7, 11) is 0. The molecule has 134 valence electrons. The van der Waals surface area contributed by atoms with Crippen molar-refractivity contribution in [2.45, 2.75) is 46.7 Å². The van der Waals surface area contributed by atoms with Crippen LogP contribution in [0, 0.1) is 19.8 Å². The van der Waals surface area contributed by atoms with Crippen molar-refractivity contribution in [3.8, 4) is 0 Å². The number of carbonyl (C=O) groups excluding carboxylic acids is 1. The highest BCUT2D eigenvalue weighted by atomic mass is 16.5. The van der Waals surface area contributed by atoms with Crippen molar-refractivity contribution in [3.05, 3.63) is 17.0 Å². The van der Waals surface area contributed by atoms with Crippen molar-refractivity contribution in [1.82, 2.24) is 19.6 Å². The van der Waals surface area contributed by atoms with Gasteiger partial charge in [0.1, 0.15) is 0 Å². The molecule has 6 nitrogen and oxygen atoms in total. The first-order valence-electron chi connectivity index (χ1n) is 9.21. The Bertz CT molecular complexity index is 592. The van der Waals surface area contributed by atoms with E-state index in [2.05, 4.69) is 23.8 Å². The fourth-order valence-corrected chi connectivity index (χ4v) is 4.22. The standard InChI is InChI=1S/C18H30N4O2/c1-5-15-11-21(12-16(15)20-7-9-24-10-8-20)18(23)17-13(3)19-22(6-2)14(17)4/h15-16H,5-12H2,1-4H3/t15-,16+/m1/s1. The molecule has 6 heteroatoms. The predicted octanol–water partition coefficient (Wildman–Crippen LogP) is 1.70. The highest BCUT2D eigenvalue weighted by Crippen LogP contribution is 2.28. The van der Waals surface area contributed by atoms with E-state index in [0.29, 0.717) is 12.0 Å². The van der Waals surface area contributed by atoms with Crippen LogP contribution in [0.25, 0.3) is 0 Å². The van der Waals surface area contributed by atoms with Crippen LogP contribution >= 0.6 is 0 Å². The minimum absolute atomic E-state index is 0.152. The molecule has 0 saturated carbocycles. The third-order valence-electron chi connectivity index (χ3n) is 5.63. The van der Waals surface area contributed by atoms with Crippen LogP contribution in [0.3, 0.4) is 0 Å². The first-order chi connectivity index (χ1) is 11.6. The van der Waals surface area contributed by atoms with E-state index < -0.39 is 0 Å². The summed E-state index contributed by atoms with van der Waals surface area (Å²) in [5.74, 6) is 0.702. The molecule has 2 saturated heterocycles. The van der Waals surface area contributed by atoms with Crippen LogP contribution in [0.4, 0.5) is 0 Å². The van der Waals surface area contributed by atoms with E-state index in [1.54, 1.807) is 0 Å². The Balaban J connectivity index is 1.77. The van der Waals surface area contributed by atoms with Gasteiger partial charge in [-0.15, -0.1) is 0 Å². The number of hydrogen-bond acceptors (Lipinski definition) is 4. The van der Waals surface area contributed by atoms with Gasteiger partial charge in [0.25, 0.3) is 5.91 Å². The number of aromatic nitrogens is 2. The van der Waals surface area contributed by atoms with Gasteiger partial charge in [-0.1, -0.05) is 13.3 Å². The topological polar surface area (TPSA) is 50.6 Å². The maximum atomic E-state index is 13.1. The second-order valence-electron chi connectivity index (χ2n) is 6.96. The smallest absolute Gasteiger partial charge is 0.257 e. The van der Waals surface area contributed by atoms with Crippen molar-refractivity contribution < 1.29 is 9.53 Å². The molecule has 0 radical (unpaired) electrons. The first kappa shape index (κ1) is 17.4. The van der Waals surface area contributed by atoms with Crippen molar-refractivity contribution in [3.63, 3.8) is 0 Å². The quantitative estimate of drug-likeness (QED) is 0.841. The lowest BCUT2D eigenvalue weighted by atomic mass is 9.99. The van der Waals surface area contributed by atoms with E-state index in [1.807, 2.05) is 23.4 Å². The average Bonchev–Trinajstić information content (AvgIpc) is 3.16. The molecular formula is C18H30N4O2. The van der Waals surface area contributed by atoms with Crippen LogP contribution in [0.15, 0.2) is 0 Å². The molecule has 3 rings (SSSR count). The summed E-state index contributed by atoms with van der Waals surface area (Å²) in [5, 5.41) is 4.51. The molecule has 1 aromatic rings. The van der Waals surface area contributed by atoms with Crippen LogP contribution in [-0.4, -0.2) is 70.9 Å². The highest BCUT2D eigenvalue weighted by Gasteiger charge is 2.39. The van der Waals surface area contributed by atoms with E-state index >= 15 is 0 Å². The van der Waals surface area contributed by atoms with Gasteiger partial charge in [0.15, 0.2) is 0 Å². The maximum absolute atomic E-state index is 13.1. The molecule has 0 bridgehead atoms. The van der Waals surface area contributed by atoms with E-state index in [0.717, 1.165) is 69.3 Å². The summed E-state index contributed by atoms with van der Waals surface area (Å²) in [4.78, 5) is 17.7. The molecule has 0 spiro atoms. The van der Waals surface area contributed by atoms with Gasteiger partial charge in [0, 0.05) is 44.5 Å². The lowest BCUT2D eigenvalue weighted by Crippen LogP contribution is -2.47. The zero-order valence-corrected chi connectivity index (χ0v) is 15.4. The summed E-state index contributed by atoms with van der Waals surface area (Å²) < 4.78 is 7.41. The molecule has 24 heavy (non-hydrogen) atoms. The second kappa shape index (κ2) is 7.23. The number of carbonyl (C=O) groups is 1. The zero-order valence-electron chi connectivity index (χ0n) is 15.4. The van der Waals surface area contributed by atoms with Gasteiger partial charge < -0.3 is 9.64 Å². The molecule has 2 aliphatic heterocycles. The molecule has 3 heterocycles. The Labute approximate surface area is 144 Å². The number of morpholine rings is 1. The number of aryl methyl sites for hydroxylation is 2. The number of nitrogens with zero attached hydrogens (tertiary/aromatic N) is 4. The Hall–Kier alpha value is -1.40. The minimum Gasteiger partial charge on any atom is -0.379 e. The van der Waals surface area contributed by atoms with Crippen LogP contribution in [0.2, 0.25) is 0 Å². The van der Waals surface area contributed by atoms with Crippen LogP contribution in [-0.2, 0) is 11.3 Å². The first-order valence-corrected chi connectivity index (χ1v) is 9.21. The largest absolute Gasteiger partial charge is 0.379 e. The molecule has 0 unspecified atom stereocenters. The summed E-state index contributed by atoms with van der Waals surface area (Å²) in [6.07, 6.45) is 1.11. The van der Waals surface area contributed by atoms with E-state index in [-0.39, 0.29) is 5.91 Å². The Morgan fingerprint density at radius 2 is 1.92 bits per heavy atom. The molecule has 2 aliphatic rings. The van der Waals surface area contributed by atoms with Crippen LogP contribution in [0.1, 0.15) is 42.0 Å². The van der Waals surface area contributed by atoms with Crippen molar-refractivity contribution in [2.75, 3.05) is 39.4 Å². The number of rotatable bonds is 4. The average molecular weight is 334 g/mol. The van der Waals surface area contributed by atoms with Gasteiger partial charge in [-0.25, -0.2) is 0 Å². The molecule has 0 aliphatic carbocycles. The Morgan fingerprint density at radius 1 is 1.21 bits per heavy atom. The molecule has 1 amide bonds. The van der Waals surface area contributed by atoms with Gasteiger partial charge >= 0.3 is 0 Å². The van der Waals surface area contributed by atoms with Gasteiger partial charge in [0.2, 0.25) is 0 Å². The lowest BCUT2D eigenvalue weighted by Gasteiger charge is -2.34. The second-order valence-corrected chi connectivity index (χ2v) is 6.96. The molecule has 1 aromatic heterocycles. The monoisotopic (exact) mass is 334 g/mol. The molecule has 2 fully saturated rings. The van der Waals surface area contributed by atoms with E-state index in [4.69, 9.17) is 4.74 Å². The normalized spacial score (nSPS) is 25.4. The van der Waals surface area contributed by atoms with Crippen molar-refractivity contribution >= 4 is 5.91 Å². The molecular weight excluding hydrogens is 304 g/mol. The molecule has 2 atom stereocenters. The number of hydrogen-bond donors (Lipinski definition) is 0. The third-order valence-corrected chi connectivity index (χ3v) is 5.63. The minimum atomic E-state index is 0.152.